The van der Waals surface area contributed by atoms with Gasteiger partial charge in [-0.1, -0.05) is 0 Å². The van der Waals surface area contributed by atoms with Gasteiger partial charge in [0.2, 0.25) is 0 Å². The van der Waals surface area contributed by atoms with Crippen LogP contribution in [0.15, 0.2) is 15.7 Å². The molecule has 0 aliphatic carbocycles. The van der Waals surface area contributed by atoms with Crippen molar-refractivity contribution in [1.82, 2.24) is 18.9 Å². The molecule has 2 aromatic heterocycles. The van der Waals surface area contributed by atoms with Crippen LogP contribution in [0.3, 0.4) is 0 Å². The molecule has 1 fully saturated rings. The summed E-state index contributed by atoms with van der Waals surface area (Å²) in [6, 6.07) is 4.10. The Morgan fingerprint density at radius 2 is 2.00 bits per heavy atom. The standard InChI is InChI=1S/C17H22N6O2/c1-11-8-12(2)23(19-11)10-13-6-5-7-22(13)15-14(9-18)16(24)21(4)17(25)20(15)3/h8,13H,5-7,10H2,1-4H3. The zero-order valence-electron chi connectivity index (χ0n) is 15.0. The molecule has 0 radical (unpaired) electrons. The van der Waals surface area contributed by atoms with Crippen LogP contribution in [0.2, 0.25) is 0 Å². The van der Waals surface area contributed by atoms with Crippen molar-refractivity contribution < 1.29 is 0 Å². The molecule has 0 saturated carbocycles. The SMILES string of the molecule is Cc1cc(C)n(CC2CCCN2c2c(C#N)c(=O)n(C)c(=O)n2C)n1. The van der Waals surface area contributed by atoms with Gasteiger partial charge in [0.15, 0.2) is 5.56 Å². The first-order chi connectivity index (χ1) is 11.8. The smallest absolute Gasteiger partial charge is 0.332 e. The molecule has 3 rings (SSSR count). The highest BCUT2D eigenvalue weighted by Crippen LogP contribution is 2.27. The number of nitriles is 1. The molecular formula is C17H22N6O2. The van der Waals surface area contributed by atoms with Crippen LogP contribution in [0.5, 0.6) is 0 Å². The molecule has 1 atom stereocenters. The molecule has 1 saturated heterocycles. The van der Waals surface area contributed by atoms with Gasteiger partial charge < -0.3 is 4.90 Å². The van der Waals surface area contributed by atoms with Crippen LogP contribution >= 0.6 is 0 Å². The maximum Gasteiger partial charge on any atom is 0.332 e. The van der Waals surface area contributed by atoms with E-state index in [1.807, 2.05) is 35.6 Å². The predicted octanol–water partition coefficient (Wildman–Crippen LogP) is 0.438. The van der Waals surface area contributed by atoms with Crippen molar-refractivity contribution in [3.63, 3.8) is 0 Å². The Kier molecular flexibility index (Phi) is 4.25. The third-order valence-corrected chi connectivity index (χ3v) is 4.88. The first kappa shape index (κ1) is 17.0. The zero-order valence-corrected chi connectivity index (χ0v) is 15.0. The van der Waals surface area contributed by atoms with Crippen molar-refractivity contribution in [2.75, 3.05) is 11.4 Å². The lowest BCUT2D eigenvalue weighted by Gasteiger charge is -2.29. The Hall–Kier alpha value is -2.82. The number of rotatable bonds is 3. The van der Waals surface area contributed by atoms with Crippen LogP contribution < -0.4 is 16.1 Å². The Bertz CT molecular complexity index is 975. The van der Waals surface area contributed by atoms with Gasteiger partial charge in [-0.3, -0.25) is 18.6 Å². The van der Waals surface area contributed by atoms with Crippen LogP contribution in [0.25, 0.3) is 0 Å². The van der Waals surface area contributed by atoms with E-state index >= 15 is 0 Å². The summed E-state index contributed by atoms with van der Waals surface area (Å²) in [5.74, 6) is 0.416. The van der Waals surface area contributed by atoms with Gasteiger partial charge in [-0.15, -0.1) is 0 Å². The fraction of sp³-hybridized carbons (Fsp3) is 0.529. The van der Waals surface area contributed by atoms with Gasteiger partial charge >= 0.3 is 5.69 Å². The van der Waals surface area contributed by atoms with Gasteiger partial charge in [0.05, 0.1) is 18.3 Å². The van der Waals surface area contributed by atoms with E-state index in [9.17, 15) is 14.9 Å². The number of aromatic nitrogens is 4. The lowest BCUT2D eigenvalue weighted by molar-refractivity contribution is 0.491. The fourth-order valence-electron chi connectivity index (χ4n) is 3.63. The number of hydrogen-bond acceptors (Lipinski definition) is 5. The molecule has 2 aromatic rings. The van der Waals surface area contributed by atoms with E-state index in [4.69, 9.17) is 0 Å². The summed E-state index contributed by atoms with van der Waals surface area (Å²) in [4.78, 5) is 26.7. The maximum absolute atomic E-state index is 12.4. The quantitative estimate of drug-likeness (QED) is 0.807. The second-order valence-corrected chi connectivity index (χ2v) is 6.61. The molecule has 3 heterocycles. The second-order valence-electron chi connectivity index (χ2n) is 6.61. The maximum atomic E-state index is 12.4. The van der Waals surface area contributed by atoms with Crippen LogP contribution in [-0.2, 0) is 20.6 Å². The molecule has 8 heteroatoms. The van der Waals surface area contributed by atoms with E-state index in [2.05, 4.69) is 5.10 Å². The van der Waals surface area contributed by atoms with Crippen molar-refractivity contribution in [2.45, 2.75) is 39.3 Å². The second kappa shape index (κ2) is 6.24. The summed E-state index contributed by atoms with van der Waals surface area (Å²) in [7, 11) is 3.00. The molecule has 8 nitrogen and oxygen atoms in total. The Morgan fingerprint density at radius 3 is 2.60 bits per heavy atom. The summed E-state index contributed by atoms with van der Waals surface area (Å²) < 4.78 is 4.33. The highest BCUT2D eigenvalue weighted by atomic mass is 16.2. The third-order valence-electron chi connectivity index (χ3n) is 4.88. The zero-order chi connectivity index (χ0) is 18.3. The van der Waals surface area contributed by atoms with E-state index in [1.54, 1.807) is 7.05 Å². The number of aryl methyl sites for hydroxylation is 2. The monoisotopic (exact) mass is 342 g/mol. The molecule has 1 aliphatic heterocycles. The molecule has 0 aromatic carbocycles. The predicted molar refractivity (Wildman–Crippen MR) is 93.7 cm³/mol. The summed E-state index contributed by atoms with van der Waals surface area (Å²) in [5, 5.41) is 14.0. The summed E-state index contributed by atoms with van der Waals surface area (Å²) >= 11 is 0. The summed E-state index contributed by atoms with van der Waals surface area (Å²) in [5.41, 5.74) is 1.08. The van der Waals surface area contributed by atoms with Crippen LogP contribution in [0.4, 0.5) is 5.82 Å². The Morgan fingerprint density at radius 1 is 1.28 bits per heavy atom. The van der Waals surface area contributed by atoms with E-state index in [0.29, 0.717) is 18.9 Å². The number of hydrogen-bond donors (Lipinski definition) is 0. The summed E-state index contributed by atoms with van der Waals surface area (Å²) in [6.45, 7) is 5.33. The average molecular weight is 342 g/mol. The van der Waals surface area contributed by atoms with Gasteiger partial charge in [-0.25, -0.2) is 4.79 Å². The summed E-state index contributed by atoms with van der Waals surface area (Å²) in [6.07, 6.45) is 1.87. The Labute approximate surface area is 145 Å². The van der Waals surface area contributed by atoms with Crippen LogP contribution in [0, 0.1) is 25.2 Å². The Balaban J connectivity index is 2.07. The van der Waals surface area contributed by atoms with Gasteiger partial charge in [0.1, 0.15) is 11.9 Å². The first-order valence-corrected chi connectivity index (χ1v) is 8.33. The van der Waals surface area contributed by atoms with Crippen molar-refractivity contribution in [2.24, 2.45) is 14.1 Å². The van der Waals surface area contributed by atoms with E-state index in [1.165, 1.54) is 11.6 Å². The number of anilines is 1. The number of nitrogens with zero attached hydrogens (tertiary/aromatic N) is 6. The molecule has 1 unspecified atom stereocenters. The fourth-order valence-corrected chi connectivity index (χ4v) is 3.63. The molecule has 1 aliphatic rings. The van der Waals surface area contributed by atoms with Crippen LogP contribution in [-0.4, -0.2) is 31.5 Å². The van der Waals surface area contributed by atoms with E-state index < -0.39 is 11.2 Å². The van der Waals surface area contributed by atoms with E-state index in [0.717, 1.165) is 28.8 Å². The van der Waals surface area contributed by atoms with Gasteiger partial charge in [0.25, 0.3) is 5.56 Å². The minimum atomic E-state index is -0.544. The highest BCUT2D eigenvalue weighted by Gasteiger charge is 2.31. The lowest BCUT2D eigenvalue weighted by Crippen LogP contribution is -2.44. The molecule has 0 amide bonds. The molecular weight excluding hydrogens is 320 g/mol. The minimum absolute atomic E-state index is 0.0184. The molecule has 132 valence electrons. The molecule has 0 spiro atoms. The topological polar surface area (TPSA) is 88.9 Å². The third kappa shape index (κ3) is 2.76. The van der Waals surface area contributed by atoms with Crippen molar-refractivity contribution >= 4 is 5.82 Å². The van der Waals surface area contributed by atoms with Crippen LogP contribution in [0.1, 0.15) is 29.8 Å². The largest absolute Gasteiger partial charge is 0.352 e. The average Bonchev–Trinajstić information content (AvgIpc) is 3.15. The normalized spacial score (nSPS) is 17.1. The van der Waals surface area contributed by atoms with E-state index in [-0.39, 0.29) is 11.6 Å². The minimum Gasteiger partial charge on any atom is -0.352 e. The highest BCUT2D eigenvalue weighted by molar-refractivity contribution is 5.54. The molecule has 0 N–H and O–H groups in total. The van der Waals surface area contributed by atoms with Crippen molar-refractivity contribution in [1.29, 1.82) is 5.26 Å². The van der Waals surface area contributed by atoms with Crippen molar-refractivity contribution in [3.05, 3.63) is 43.9 Å². The van der Waals surface area contributed by atoms with Crippen molar-refractivity contribution in [3.8, 4) is 6.07 Å². The lowest BCUT2D eigenvalue weighted by atomic mass is 10.2. The van der Waals surface area contributed by atoms with Gasteiger partial charge in [-0.05, 0) is 32.8 Å². The first-order valence-electron chi connectivity index (χ1n) is 8.33. The molecule has 0 bridgehead atoms. The molecule has 25 heavy (non-hydrogen) atoms. The van der Waals surface area contributed by atoms with Gasteiger partial charge in [0, 0.05) is 26.3 Å². The van der Waals surface area contributed by atoms with Gasteiger partial charge in [-0.2, -0.15) is 10.4 Å².